The van der Waals surface area contributed by atoms with Crippen molar-refractivity contribution in [1.29, 1.82) is 0 Å². The van der Waals surface area contributed by atoms with Crippen LogP contribution in [0.25, 0.3) is 0 Å². The van der Waals surface area contributed by atoms with Gasteiger partial charge in [0.25, 0.3) is 0 Å². The van der Waals surface area contributed by atoms with Gasteiger partial charge >= 0.3 is 12.1 Å². The van der Waals surface area contributed by atoms with Crippen molar-refractivity contribution < 1.29 is 19.4 Å². The molecular weight excluding hydrogens is 222 g/mol. The standard InChI is InChI=1S/C12H21NO4/c1-8-5-6-9(10(14)15)7-13(8)11(16)17-12(2,3)4/h8-9H,5-7H2,1-4H3,(H,14,15)/t8-,9-/m0/s1. The zero-order chi connectivity index (χ0) is 13.2. The number of rotatable bonds is 1. The first kappa shape index (κ1) is 13.8. The molecule has 0 aromatic rings. The highest BCUT2D eigenvalue weighted by molar-refractivity contribution is 5.73. The van der Waals surface area contributed by atoms with E-state index in [9.17, 15) is 9.59 Å². The van der Waals surface area contributed by atoms with Crippen LogP contribution in [0.15, 0.2) is 0 Å². The summed E-state index contributed by atoms with van der Waals surface area (Å²) in [5, 5.41) is 8.98. The molecule has 0 aromatic heterocycles. The van der Waals surface area contributed by atoms with E-state index in [1.807, 2.05) is 6.92 Å². The summed E-state index contributed by atoms with van der Waals surface area (Å²) >= 11 is 0. The first-order valence-corrected chi connectivity index (χ1v) is 5.93. The van der Waals surface area contributed by atoms with Gasteiger partial charge in [-0.15, -0.1) is 0 Å². The molecule has 0 radical (unpaired) electrons. The van der Waals surface area contributed by atoms with Crippen LogP contribution < -0.4 is 0 Å². The van der Waals surface area contributed by atoms with E-state index in [2.05, 4.69) is 0 Å². The van der Waals surface area contributed by atoms with Gasteiger partial charge in [-0.1, -0.05) is 0 Å². The Morgan fingerprint density at radius 1 is 1.29 bits per heavy atom. The summed E-state index contributed by atoms with van der Waals surface area (Å²) in [6, 6.07) is 0.0421. The van der Waals surface area contributed by atoms with Gasteiger partial charge < -0.3 is 14.7 Å². The lowest BCUT2D eigenvalue weighted by atomic mass is 9.94. The molecule has 5 nitrogen and oxygen atoms in total. The van der Waals surface area contributed by atoms with E-state index < -0.39 is 23.6 Å². The zero-order valence-electron chi connectivity index (χ0n) is 10.9. The minimum absolute atomic E-state index is 0.0421. The Morgan fingerprint density at radius 3 is 2.35 bits per heavy atom. The number of hydrogen-bond donors (Lipinski definition) is 1. The molecule has 0 saturated carbocycles. The maximum atomic E-state index is 11.9. The predicted molar refractivity (Wildman–Crippen MR) is 62.8 cm³/mol. The van der Waals surface area contributed by atoms with Gasteiger partial charge in [0.2, 0.25) is 0 Å². The number of ether oxygens (including phenoxy) is 1. The Balaban J connectivity index is 2.67. The number of carbonyl (C=O) groups excluding carboxylic acids is 1. The molecule has 98 valence electrons. The number of aliphatic carboxylic acids is 1. The van der Waals surface area contributed by atoms with E-state index in [1.165, 1.54) is 4.90 Å². The highest BCUT2D eigenvalue weighted by Crippen LogP contribution is 2.24. The minimum atomic E-state index is -0.842. The maximum absolute atomic E-state index is 11.9. The second kappa shape index (κ2) is 4.94. The maximum Gasteiger partial charge on any atom is 0.410 e. The number of carboxylic acids is 1. The summed E-state index contributed by atoms with van der Waals surface area (Å²) in [5.74, 6) is -1.32. The summed E-state index contributed by atoms with van der Waals surface area (Å²) in [5.41, 5.74) is -0.549. The molecule has 5 heteroatoms. The van der Waals surface area contributed by atoms with E-state index in [0.717, 1.165) is 0 Å². The topological polar surface area (TPSA) is 66.8 Å². The number of piperidine rings is 1. The summed E-state index contributed by atoms with van der Waals surface area (Å²) in [4.78, 5) is 24.4. The van der Waals surface area contributed by atoms with Crippen molar-refractivity contribution in [2.45, 2.75) is 52.2 Å². The molecule has 0 aliphatic carbocycles. The third-order valence-corrected chi connectivity index (χ3v) is 2.86. The van der Waals surface area contributed by atoms with Gasteiger partial charge in [-0.2, -0.15) is 0 Å². The Hall–Kier alpha value is -1.26. The highest BCUT2D eigenvalue weighted by atomic mass is 16.6. The van der Waals surface area contributed by atoms with E-state index in [0.29, 0.717) is 12.8 Å². The lowest BCUT2D eigenvalue weighted by Gasteiger charge is -2.37. The molecule has 1 heterocycles. The fourth-order valence-electron chi connectivity index (χ4n) is 1.88. The average Bonchev–Trinajstić information content (AvgIpc) is 2.14. The zero-order valence-corrected chi connectivity index (χ0v) is 10.9. The molecule has 1 fully saturated rings. The third kappa shape index (κ3) is 3.91. The van der Waals surface area contributed by atoms with Crippen LogP contribution in [0.1, 0.15) is 40.5 Å². The molecule has 0 bridgehead atoms. The van der Waals surface area contributed by atoms with Gasteiger partial charge in [0.1, 0.15) is 5.60 Å². The monoisotopic (exact) mass is 243 g/mol. The molecule has 1 N–H and O–H groups in total. The quantitative estimate of drug-likeness (QED) is 0.766. The highest BCUT2D eigenvalue weighted by Gasteiger charge is 2.34. The van der Waals surface area contributed by atoms with Crippen LogP contribution in [-0.2, 0) is 9.53 Å². The summed E-state index contributed by atoms with van der Waals surface area (Å²) in [7, 11) is 0. The molecule has 1 amide bonds. The summed E-state index contributed by atoms with van der Waals surface area (Å²) in [6.45, 7) is 7.56. The molecular formula is C12H21NO4. The summed E-state index contributed by atoms with van der Waals surface area (Å²) in [6.07, 6.45) is 0.905. The van der Waals surface area contributed by atoms with E-state index in [4.69, 9.17) is 9.84 Å². The molecule has 17 heavy (non-hydrogen) atoms. The van der Waals surface area contributed by atoms with Crippen LogP contribution in [0.2, 0.25) is 0 Å². The number of amides is 1. The Labute approximate surface area is 102 Å². The molecule has 0 unspecified atom stereocenters. The Kier molecular flexibility index (Phi) is 4.01. The van der Waals surface area contributed by atoms with Crippen LogP contribution in [-0.4, -0.2) is 40.3 Å². The molecule has 0 aromatic carbocycles. The predicted octanol–water partition coefficient (Wildman–Crippen LogP) is 2.11. The third-order valence-electron chi connectivity index (χ3n) is 2.86. The van der Waals surface area contributed by atoms with Crippen LogP contribution >= 0.6 is 0 Å². The van der Waals surface area contributed by atoms with Gasteiger partial charge in [0, 0.05) is 12.6 Å². The van der Waals surface area contributed by atoms with Crippen molar-refractivity contribution in [3.63, 3.8) is 0 Å². The van der Waals surface area contributed by atoms with Gasteiger partial charge in [-0.05, 0) is 40.5 Å². The van der Waals surface area contributed by atoms with Crippen molar-refractivity contribution in [2.75, 3.05) is 6.54 Å². The van der Waals surface area contributed by atoms with E-state index in [1.54, 1.807) is 20.8 Å². The number of carbonyl (C=O) groups is 2. The first-order chi connectivity index (χ1) is 7.70. The van der Waals surface area contributed by atoms with Crippen molar-refractivity contribution in [1.82, 2.24) is 4.90 Å². The largest absolute Gasteiger partial charge is 0.481 e. The van der Waals surface area contributed by atoms with Gasteiger partial charge in [-0.25, -0.2) is 4.79 Å². The van der Waals surface area contributed by atoms with Crippen molar-refractivity contribution in [3.05, 3.63) is 0 Å². The van der Waals surface area contributed by atoms with Crippen molar-refractivity contribution >= 4 is 12.1 Å². The smallest absolute Gasteiger partial charge is 0.410 e. The lowest BCUT2D eigenvalue weighted by Crippen LogP contribution is -2.49. The fraction of sp³-hybridized carbons (Fsp3) is 0.833. The van der Waals surface area contributed by atoms with Crippen molar-refractivity contribution in [3.8, 4) is 0 Å². The fourth-order valence-corrected chi connectivity index (χ4v) is 1.88. The minimum Gasteiger partial charge on any atom is -0.481 e. The second-order valence-corrected chi connectivity index (χ2v) is 5.59. The second-order valence-electron chi connectivity index (χ2n) is 5.59. The Morgan fingerprint density at radius 2 is 1.88 bits per heavy atom. The van der Waals surface area contributed by atoms with Crippen LogP contribution in [0.4, 0.5) is 4.79 Å². The van der Waals surface area contributed by atoms with Crippen molar-refractivity contribution in [2.24, 2.45) is 5.92 Å². The van der Waals surface area contributed by atoms with Gasteiger partial charge in [-0.3, -0.25) is 4.79 Å². The SMILES string of the molecule is C[C@H]1CC[C@H](C(=O)O)CN1C(=O)OC(C)(C)C. The molecule has 1 aliphatic rings. The Bertz CT molecular complexity index is 308. The first-order valence-electron chi connectivity index (χ1n) is 5.93. The number of carboxylic acid groups (broad SMARTS) is 1. The van der Waals surface area contributed by atoms with Gasteiger partial charge in [0.05, 0.1) is 5.92 Å². The number of likely N-dealkylation sites (tertiary alicyclic amines) is 1. The van der Waals surface area contributed by atoms with Gasteiger partial charge in [0.15, 0.2) is 0 Å². The molecule has 1 aliphatic heterocycles. The molecule has 1 saturated heterocycles. The molecule has 1 rings (SSSR count). The van der Waals surface area contributed by atoms with E-state index >= 15 is 0 Å². The molecule has 2 atom stereocenters. The van der Waals surface area contributed by atoms with Crippen LogP contribution in [0, 0.1) is 5.92 Å². The van der Waals surface area contributed by atoms with Crippen LogP contribution in [0.5, 0.6) is 0 Å². The summed E-state index contributed by atoms with van der Waals surface area (Å²) < 4.78 is 5.27. The normalized spacial score (nSPS) is 25.5. The average molecular weight is 243 g/mol. The lowest BCUT2D eigenvalue weighted by molar-refractivity contribution is -0.143. The number of nitrogens with zero attached hydrogens (tertiary/aromatic N) is 1. The van der Waals surface area contributed by atoms with Crippen LogP contribution in [0.3, 0.4) is 0 Å². The van der Waals surface area contributed by atoms with E-state index in [-0.39, 0.29) is 12.6 Å². The molecule has 0 spiro atoms. The number of hydrogen-bond acceptors (Lipinski definition) is 3.